The lowest BCUT2D eigenvalue weighted by Crippen LogP contribution is -2.30. The molecule has 1 heterocycles. The highest BCUT2D eigenvalue weighted by Gasteiger charge is 2.71. The predicted octanol–water partition coefficient (Wildman–Crippen LogP) is 2.04. The van der Waals surface area contributed by atoms with Crippen molar-refractivity contribution in [3.05, 3.63) is 71.0 Å². The van der Waals surface area contributed by atoms with Gasteiger partial charge in [-0.05, 0) is 36.5 Å². The number of aliphatic hydroxyl groups excluding tert-OH is 2. The van der Waals surface area contributed by atoms with Crippen LogP contribution in [0.5, 0.6) is 0 Å². The number of β-amino-alcohol motifs (C(OH)–C–C–N with tert-alkyl or cyclic N) is 1. The Morgan fingerprint density at radius 3 is 2.55 bits per heavy atom. The number of hydrogen-bond acceptors (Lipinski definition) is 4. The van der Waals surface area contributed by atoms with E-state index in [1.165, 1.54) is 11.0 Å². The van der Waals surface area contributed by atoms with Gasteiger partial charge in [0.1, 0.15) is 5.82 Å². The molecule has 4 atom stereocenters. The van der Waals surface area contributed by atoms with Crippen LogP contribution in [-0.4, -0.2) is 58.4 Å². The largest absolute Gasteiger partial charge is 0.483 e. The van der Waals surface area contributed by atoms with Gasteiger partial charge >= 0.3 is 0 Å². The highest BCUT2D eigenvalue weighted by atomic mass is 19.1. The quantitative estimate of drug-likeness (QED) is 0.684. The van der Waals surface area contributed by atoms with E-state index in [-0.39, 0.29) is 37.0 Å². The van der Waals surface area contributed by atoms with Gasteiger partial charge in [0.15, 0.2) is 0 Å². The van der Waals surface area contributed by atoms with Crippen LogP contribution < -0.4 is 0 Å². The van der Waals surface area contributed by atoms with Gasteiger partial charge < -0.3 is 20.2 Å². The zero-order valence-corrected chi connectivity index (χ0v) is 16.0. The van der Waals surface area contributed by atoms with E-state index in [1.807, 2.05) is 37.3 Å². The summed E-state index contributed by atoms with van der Waals surface area (Å²) >= 11 is 0. The molecule has 1 saturated carbocycles. The average molecular weight is 401 g/mol. The van der Waals surface area contributed by atoms with Gasteiger partial charge in [0.05, 0.1) is 11.7 Å². The van der Waals surface area contributed by atoms with Crippen molar-refractivity contribution in [3.8, 4) is 0 Å². The summed E-state index contributed by atoms with van der Waals surface area (Å²) < 4.78 is 14.1. The van der Waals surface area contributed by atoms with E-state index in [9.17, 15) is 19.4 Å². The van der Waals surface area contributed by atoms with Gasteiger partial charge in [0.25, 0.3) is 12.4 Å². The molecule has 154 valence electrons. The van der Waals surface area contributed by atoms with Crippen molar-refractivity contribution in [2.45, 2.75) is 18.9 Å². The Morgan fingerprint density at radius 2 is 1.93 bits per heavy atom. The van der Waals surface area contributed by atoms with Crippen LogP contribution in [0.1, 0.15) is 27.4 Å². The first-order chi connectivity index (χ1) is 13.9. The minimum atomic E-state index is -0.735. The van der Waals surface area contributed by atoms with Crippen LogP contribution >= 0.6 is 0 Å². The van der Waals surface area contributed by atoms with Gasteiger partial charge in [0, 0.05) is 25.1 Å². The maximum absolute atomic E-state index is 14.1. The third-order valence-electron chi connectivity index (χ3n) is 6.04. The maximum Gasteiger partial charge on any atom is 0.290 e. The maximum atomic E-state index is 14.1. The topological polar surface area (TPSA) is 98.1 Å². The number of nitrogens with zero attached hydrogens (tertiary/aromatic N) is 1. The lowest BCUT2D eigenvalue weighted by molar-refractivity contribution is -0.122. The number of aliphatic hydroxyl groups is 2. The Bertz CT molecular complexity index is 890. The van der Waals surface area contributed by atoms with Crippen molar-refractivity contribution in [3.63, 3.8) is 0 Å². The number of halogens is 1. The Balaban J connectivity index is 0.000000755. The summed E-state index contributed by atoms with van der Waals surface area (Å²) in [5.74, 6) is -1.05. The predicted molar refractivity (Wildman–Crippen MR) is 104 cm³/mol. The first-order valence-electron chi connectivity index (χ1n) is 9.37. The molecule has 1 saturated heterocycles. The van der Waals surface area contributed by atoms with Gasteiger partial charge in [-0.2, -0.15) is 0 Å². The summed E-state index contributed by atoms with van der Waals surface area (Å²) in [6, 6.07) is 14.2. The summed E-state index contributed by atoms with van der Waals surface area (Å²) in [4.78, 5) is 22.7. The smallest absolute Gasteiger partial charge is 0.290 e. The zero-order valence-electron chi connectivity index (χ0n) is 16.0. The molecule has 0 radical (unpaired) electrons. The number of rotatable bonds is 3. The molecule has 2 aromatic carbocycles. The fourth-order valence-electron chi connectivity index (χ4n) is 4.70. The van der Waals surface area contributed by atoms with Crippen LogP contribution in [0.4, 0.5) is 4.39 Å². The number of amides is 1. The van der Waals surface area contributed by atoms with Crippen molar-refractivity contribution in [1.29, 1.82) is 0 Å². The molecule has 29 heavy (non-hydrogen) atoms. The van der Waals surface area contributed by atoms with E-state index < -0.39 is 23.2 Å². The number of carbonyl (C=O) groups is 2. The molecule has 7 heteroatoms. The fraction of sp³-hybridized carbons (Fsp3) is 0.364. The van der Waals surface area contributed by atoms with E-state index in [1.54, 1.807) is 12.1 Å². The van der Waals surface area contributed by atoms with Crippen LogP contribution in [-0.2, 0) is 4.79 Å². The summed E-state index contributed by atoms with van der Waals surface area (Å²) in [5.41, 5.74) is 1.35. The minimum absolute atomic E-state index is 0.00357. The number of carbonyl (C=O) groups excluding carboxylic acids is 1. The highest BCUT2D eigenvalue weighted by Crippen LogP contribution is 2.68. The Morgan fingerprint density at radius 1 is 1.28 bits per heavy atom. The van der Waals surface area contributed by atoms with Crippen LogP contribution in [0, 0.1) is 24.1 Å². The van der Waals surface area contributed by atoms with E-state index in [0.29, 0.717) is 6.54 Å². The molecule has 1 spiro atoms. The molecule has 1 aliphatic carbocycles. The second-order valence-electron chi connectivity index (χ2n) is 7.58. The fourth-order valence-corrected chi connectivity index (χ4v) is 4.70. The second kappa shape index (κ2) is 8.31. The molecule has 0 aromatic heterocycles. The van der Waals surface area contributed by atoms with Crippen LogP contribution in [0.2, 0.25) is 0 Å². The average Bonchev–Trinajstić information content (AvgIpc) is 3.25. The summed E-state index contributed by atoms with van der Waals surface area (Å²) in [6.07, 6.45) is -0.735. The number of carboxylic acid groups (broad SMARTS) is 1. The van der Waals surface area contributed by atoms with Gasteiger partial charge in [0.2, 0.25) is 0 Å². The molecule has 2 fully saturated rings. The second-order valence-corrected chi connectivity index (χ2v) is 7.58. The van der Waals surface area contributed by atoms with Crippen molar-refractivity contribution < 1.29 is 29.3 Å². The molecular weight excluding hydrogens is 377 g/mol. The molecule has 0 bridgehead atoms. The van der Waals surface area contributed by atoms with Crippen molar-refractivity contribution in [2.75, 3.05) is 19.7 Å². The number of benzene rings is 2. The lowest BCUT2D eigenvalue weighted by Gasteiger charge is -2.17. The third kappa shape index (κ3) is 3.63. The molecular formula is C22H24FNO5. The normalized spacial score (nSPS) is 27.3. The van der Waals surface area contributed by atoms with Gasteiger partial charge in [-0.3, -0.25) is 9.59 Å². The zero-order chi connectivity index (χ0) is 21.2. The van der Waals surface area contributed by atoms with E-state index in [2.05, 4.69) is 0 Å². The summed E-state index contributed by atoms with van der Waals surface area (Å²) in [7, 11) is 0. The molecule has 1 amide bonds. The van der Waals surface area contributed by atoms with Gasteiger partial charge in [-0.15, -0.1) is 0 Å². The molecule has 4 rings (SSSR count). The number of hydrogen-bond donors (Lipinski definition) is 3. The summed E-state index contributed by atoms with van der Waals surface area (Å²) in [6.45, 7) is 2.00. The molecule has 2 aliphatic rings. The standard InChI is InChI=1S/C21H22FNO3.CH2O2/c1-13-7-8-17(22)15(9-13)20(26)23-10-18(25)21(12-23)16(11-24)19(21)14-5-3-2-4-6-14;2-1-3/h2-9,16,18-19,24-25H,10-12H2,1H3;1H,(H,2,3)/t16-,18+,19-,21-;/m1./s1. The molecule has 2 aromatic rings. The lowest BCUT2D eigenvalue weighted by atomic mass is 9.95. The molecule has 0 unspecified atom stereocenters. The Kier molecular flexibility index (Phi) is 6.00. The Hall–Kier alpha value is -2.77. The molecule has 3 N–H and O–H groups in total. The van der Waals surface area contributed by atoms with Crippen molar-refractivity contribution in [2.24, 2.45) is 11.3 Å². The van der Waals surface area contributed by atoms with E-state index >= 15 is 0 Å². The van der Waals surface area contributed by atoms with Gasteiger partial charge in [-0.25, -0.2) is 4.39 Å². The first-order valence-corrected chi connectivity index (χ1v) is 9.37. The SMILES string of the molecule is Cc1ccc(F)c(C(=O)N2C[C@H](O)[C@@]3(C2)[C@H](CO)[C@H]3c2ccccc2)c1.O=CO. The number of likely N-dealkylation sites (tertiary alicyclic amines) is 1. The summed E-state index contributed by atoms with van der Waals surface area (Å²) in [5, 5.41) is 27.5. The van der Waals surface area contributed by atoms with Crippen LogP contribution in [0.3, 0.4) is 0 Å². The minimum Gasteiger partial charge on any atom is -0.483 e. The Labute approximate surface area is 168 Å². The molecule has 6 nitrogen and oxygen atoms in total. The highest BCUT2D eigenvalue weighted by molar-refractivity contribution is 5.95. The van der Waals surface area contributed by atoms with Crippen molar-refractivity contribution >= 4 is 12.4 Å². The van der Waals surface area contributed by atoms with Crippen LogP contribution in [0.15, 0.2) is 48.5 Å². The van der Waals surface area contributed by atoms with Crippen molar-refractivity contribution in [1.82, 2.24) is 4.90 Å². The molecule has 1 aliphatic heterocycles. The van der Waals surface area contributed by atoms with Crippen LogP contribution in [0.25, 0.3) is 0 Å². The van der Waals surface area contributed by atoms with E-state index in [0.717, 1.165) is 11.1 Å². The monoisotopic (exact) mass is 401 g/mol. The van der Waals surface area contributed by atoms with Gasteiger partial charge in [-0.1, -0.05) is 42.0 Å². The van der Waals surface area contributed by atoms with E-state index in [4.69, 9.17) is 9.90 Å². The first kappa shape index (κ1) is 21.0. The number of aryl methyl sites for hydroxylation is 1. The third-order valence-corrected chi connectivity index (χ3v) is 6.04.